The number of H-pyrrole nitrogens is 1. The largest absolute Gasteiger partial charge is 0.361 e. The normalized spacial score (nSPS) is 13.5. The highest BCUT2D eigenvalue weighted by atomic mass is 14.7. The van der Waals surface area contributed by atoms with Gasteiger partial charge in [-0.05, 0) is 31.5 Å². The highest BCUT2D eigenvalue weighted by Gasteiger charge is 2.06. The summed E-state index contributed by atoms with van der Waals surface area (Å²) in [7, 11) is 0. The van der Waals surface area contributed by atoms with Crippen molar-refractivity contribution in [2.45, 2.75) is 19.9 Å². The van der Waals surface area contributed by atoms with E-state index in [9.17, 15) is 0 Å². The third-order valence-corrected chi connectivity index (χ3v) is 2.36. The van der Waals surface area contributed by atoms with Crippen molar-refractivity contribution >= 4 is 10.9 Å². The molecule has 2 aromatic rings. The third kappa shape index (κ3) is 1.33. The van der Waals surface area contributed by atoms with E-state index in [1.807, 2.05) is 13.1 Å². The molecule has 1 aromatic carbocycles. The van der Waals surface area contributed by atoms with E-state index >= 15 is 0 Å². The highest BCUT2D eigenvalue weighted by molar-refractivity contribution is 5.84. The van der Waals surface area contributed by atoms with Crippen LogP contribution in [0.5, 0.6) is 0 Å². The summed E-state index contributed by atoms with van der Waals surface area (Å²) in [4.78, 5) is 3.22. The zero-order valence-corrected chi connectivity index (χ0v) is 7.96. The van der Waals surface area contributed by atoms with Crippen LogP contribution in [0.1, 0.15) is 24.1 Å². The smallest absolute Gasteiger partial charge is 0.0457 e. The fraction of sp³-hybridized carbons (Fsp3) is 0.273. The van der Waals surface area contributed by atoms with Gasteiger partial charge in [-0.2, -0.15) is 0 Å². The molecule has 1 aromatic heterocycles. The first-order valence-corrected chi connectivity index (χ1v) is 4.51. The maximum absolute atomic E-state index is 5.85. The van der Waals surface area contributed by atoms with Crippen LogP contribution < -0.4 is 5.73 Å². The molecule has 13 heavy (non-hydrogen) atoms. The van der Waals surface area contributed by atoms with Crippen molar-refractivity contribution in [3.8, 4) is 0 Å². The molecule has 68 valence electrons. The number of aryl methyl sites for hydroxylation is 1. The Morgan fingerprint density at radius 3 is 2.85 bits per heavy atom. The van der Waals surface area contributed by atoms with Gasteiger partial charge in [-0.1, -0.05) is 11.6 Å². The first-order valence-electron chi connectivity index (χ1n) is 4.51. The Bertz CT molecular complexity index is 427. The van der Waals surface area contributed by atoms with Gasteiger partial charge in [0, 0.05) is 23.1 Å². The maximum Gasteiger partial charge on any atom is 0.0457 e. The Morgan fingerprint density at radius 2 is 2.15 bits per heavy atom. The zero-order chi connectivity index (χ0) is 9.42. The number of hydrogen-bond acceptors (Lipinski definition) is 1. The fourth-order valence-electron chi connectivity index (χ4n) is 1.63. The second-order valence-corrected chi connectivity index (χ2v) is 3.58. The minimum absolute atomic E-state index is 0.0931. The van der Waals surface area contributed by atoms with E-state index in [1.54, 1.807) is 0 Å². The van der Waals surface area contributed by atoms with Crippen LogP contribution in [0.3, 0.4) is 0 Å². The minimum atomic E-state index is 0.0931. The minimum Gasteiger partial charge on any atom is -0.361 e. The molecule has 1 atom stereocenters. The number of rotatable bonds is 1. The zero-order valence-electron chi connectivity index (χ0n) is 7.96. The highest BCUT2D eigenvalue weighted by Crippen LogP contribution is 2.23. The van der Waals surface area contributed by atoms with Crippen molar-refractivity contribution in [3.63, 3.8) is 0 Å². The fourth-order valence-corrected chi connectivity index (χ4v) is 1.63. The predicted octanol–water partition coefficient (Wildman–Crippen LogP) is 2.50. The lowest BCUT2D eigenvalue weighted by Crippen LogP contribution is -2.03. The van der Waals surface area contributed by atoms with Gasteiger partial charge >= 0.3 is 0 Å². The molecule has 0 unspecified atom stereocenters. The molecular formula is C11H14N2. The van der Waals surface area contributed by atoms with Crippen molar-refractivity contribution in [2.75, 3.05) is 0 Å². The lowest BCUT2D eigenvalue weighted by Gasteiger charge is -2.02. The summed E-state index contributed by atoms with van der Waals surface area (Å²) < 4.78 is 0. The SMILES string of the molecule is Cc1ccc2[nH]cc([C@@H](C)N)c2c1. The van der Waals surface area contributed by atoms with Crippen LogP contribution in [0.4, 0.5) is 0 Å². The molecule has 0 fully saturated rings. The molecular weight excluding hydrogens is 160 g/mol. The Labute approximate surface area is 77.8 Å². The second kappa shape index (κ2) is 2.89. The van der Waals surface area contributed by atoms with Gasteiger partial charge in [0.1, 0.15) is 0 Å². The molecule has 1 heterocycles. The van der Waals surface area contributed by atoms with Gasteiger partial charge in [0.05, 0.1) is 0 Å². The van der Waals surface area contributed by atoms with Gasteiger partial charge in [0.25, 0.3) is 0 Å². The average molecular weight is 174 g/mol. The van der Waals surface area contributed by atoms with Gasteiger partial charge < -0.3 is 10.7 Å². The summed E-state index contributed by atoms with van der Waals surface area (Å²) in [5.74, 6) is 0. The molecule has 0 bridgehead atoms. The van der Waals surface area contributed by atoms with Gasteiger partial charge in [-0.3, -0.25) is 0 Å². The summed E-state index contributed by atoms with van der Waals surface area (Å²) >= 11 is 0. The molecule has 0 aliphatic heterocycles. The molecule has 2 rings (SSSR count). The van der Waals surface area contributed by atoms with Crippen LogP contribution in [-0.2, 0) is 0 Å². The summed E-state index contributed by atoms with van der Waals surface area (Å²) in [5.41, 5.74) is 9.48. The van der Waals surface area contributed by atoms with Crippen molar-refractivity contribution < 1.29 is 0 Å². The molecule has 0 spiro atoms. The number of aromatic amines is 1. The van der Waals surface area contributed by atoms with Crippen LogP contribution in [0, 0.1) is 6.92 Å². The van der Waals surface area contributed by atoms with E-state index in [1.165, 1.54) is 16.5 Å². The molecule has 0 amide bonds. The first-order chi connectivity index (χ1) is 6.18. The molecule has 0 aliphatic rings. The number of hydrogen-bond donors (Lipinski definition) is 2. The van der Waals surface area contributed by atoms with E-state index in [0.29, 0.717) is 0 Å². The molecule has 3 N–H and O–H groups in total. The monoisotopic (exact) mass is 174 g/mol. The number of benzene rings is 1. The van der Waals surface area contributed by atoms with Gasteiger partial charge in [-0.15, -0.1) is 0 Å². The van der Waals surface area contributed by atoms with E-state index < -0.39 is 0 Å². The van der Waals surface area contributed by atoms with Gasteiger partial charge in [0.2, 0.25) is 0 Å². The number of fused-ring (bicyclic) bond motifs is 1. The third-order valence-electron chi connectivity index (χ3n) is 2.36. The van der Waals surface area contributed by atoms with E-state index in [2.05, 4.69) is 30.1 Å². The van der Waals surface area contributed by atoms with Crippen LogP contribution in [0.2, 0.25) is 0 Å². The van der Waals surface area contributed by atoms with Crippen LogP contribution in [-0.4, -0.2) is 4.98 Å². The summed E-state index contributed by atoms with van der Waals surface area (Å²) in [6.45, 7) is 4.10. The van der Waals surface area contributed by atoms with E-state index in [4.69, 9.17) is 5.73 Å². The van der Waals surface area contributed by atoms with Crippen LogP contribution in [0.25, 0.3) is 10.9 Å². The topological polar surface area (TPSA) is 41.8 Å². The first kappa shape index (κ1) is 8.32. The van der Waals surface area contributed by atoms with Crippen LogP contribution >= 0.6 is 0 Å². The quantitative estimate of drug-likeness (QED) is 0.685. The Morgan fingerprint density at radius 1 is 1.38 bits per heavy atom. The lowest BCUT2D eigenvalue weighted by molar-refractivity contribution is 0.826. The van der Waals surface area contributed by atoms with E-state index in [0.717, 1.165) is 5.52 Å². The molecule has 2 nitrogen and oxygen atoms in total. The maximum atomic E-state index is 5.85. The van der Waals surface area contributed by atoms with E-state index in [-0.39, 0.29) is 6.04 Å². The second-order valence-electron chi connectivity index (χ2n) is 3.58. The summed E-state index contributed by atoms with van der Waals surface area (Å²) in [5, 5.41) is 1.25. The number of nitrogens with two attached hydrogens (primary N) is 1. The molecule has 0 saturated carbocycles. The number of nitrogens with one attached hydrogen (secondary N) is 1. The Hall–Kier alpha value is -1.28. The van der Waals surface area contributed by atoms with Crippen molar-refractivity contribution in [1.82, 2.24) is 4.98 Å². The summed E-state index contributed by atoms with van der Waals surface area (Å²) in [6.07, 6.45) is 1.99. The standard InChI is InChI=1S/C11H14N2/c1-7-3-4-11-9(5-7)10(6-13-11)8(2)12/h3-6,8,13H,12H2,1-2H3/t8-/m1/s1. The van der Waals surface area contributed by atoms with Crippen LogP contribution in [0.15, 0.2) is 24.4 Å². The lowest BCUT2D eigenvalue weighted by atomic mass is 10.1. The number of aromatic nitrogens is 1. The van der Waals surface area contributed by atoms with Gasteiger partial charge in [0.15, 0.2) is 0 Å². The molecule has 0 radical (unpaired) electrons. The predicted molar refractivity (Wildman–Crippen MR) is 55.6 cm³/mol. The average Bonchev–Trinajstić information content (AvgIpc) is 2.46. The summed E-state index contributed by atoms with van der Waals surface area (Å²) in [6, 6.07) is 6.46. The molecule has 0 saturated heterocycles. The molecule has 0 aliphatic carbocycles. The van der Waals surface area contributed by atoms with Gasteiger partial charge in [-0.25, -0.2) is 0 Å². The van der Waals surface area contributed by atoms with Crippen molar-refractivity contribution in [3.05, 3.63) is 35.5 Å². The van der Waals surface area contributed by atoms with Crippen molar-refractivity contribution in [2.24, 2.45) is 5.73 Å². The molecule has 2 heteroatoms. The Balaban J connectivity index is 2.71. The Kier molecular flexibility index (Phi) is 1.85. The van der Waals surface area contributed by atoms with Crippen molar-refractivity contribution in [1.29, 1.82) is 0 Å².